The number of aromatic nitrogens is 2. The highest BCUT2D eigenvalue weighted by Gasteiger charge is 2.28. The van der Waals surface area contributed by atoms with E-state index >= 15 is 0 Å². The lowest BCUT2D eigenvalue weighted by atomic mass is 10.2. The molecule has 1 unspecified atom stereocenters. The number of aliphatic hydroxyl groups excluding tert-OH is 1. The fourth-order valence-electron chi connectivity index (χ4n) is 2.63. The lowest BCUT2D eigenvalue weighted by Gasteiger charge is -2.22. The van der Waals surface area contributed by atoms with Crippen molar-refractivity contribution in [2.75, 3.05) is 32.1 Å². The van der Waals surface area contributed by atoms with Gasteiger partial charge in [0.2, 0.25) is 0 Å². The van der Waals surface area contributed by atoms with Crippen LogP contribution in [-0.4, -0.2) is 53.0 Å². The van der Waals surface area contributed by atoms with Crippen molar-refractivity contribution in [2.24, 2.45) is 7.05 Å². The van der Waals surface area contributed by atoms with Crippen molar-refractivity contribution in [3.05, 3.63) is 11.3 Å². The lowest BCUT2D eigenvalue weighted by molar-refractivity contribution is 0.281. The van der Waals surface area contributed by atoms with Crippen LogP contribution < -0.4 is 4.90 Å². The molecule has 0 spiro atoms. The van der Waals surface area contributed by atoms with Crippen LogP contribution in [0.15, 0.2) is 0 Å². The molecular weight excluding hydrogens is 216 g/mol. The molecular formula is C12H22N4O. The summed E-state index contributed by atoms with van der Waals surface area (Å²) < 4.78 is 1.89. The first-order valence-electron chi connectivity index (χ1n) is 6.09. The van der Waals surface area contributed by atoms with Gasteiger partial charge >= 0.3 is 0 Å². The van der Waals surface area contributed by atoms with E-state index in [4.69, 9.17) is 0 Å². The van der Waals surface area contributed by atoms with Crippen LogP contribution in [-0.2, 0) is 13.7 Å². The number of hydrogen-bond acceptors (Lipinski definition) is 4. The maximum atomic E-state index is 9.46. The average Bonchev–Trinajstić information content (AvgIpc) is 2.82. The molecule has 1 saturated heterocycles. The van der Waals surface area contributed by atoms with E-state index in [9.17, 15) is 5.11 Å². The van der Waals surface area contributed by atoms with Crippen LogP contribution in [0.3, 0.4) is 0 Å². The summed E-state index contributed by atoms with van der Waals surface area (Å²) in [4.78, 5) is 4.60. The van der Waals surface area contributed by atoms with Gasteiger partial charge < -0.3 is 14.9 Å². The number of anilines is 1. The van der Waals surface area contributed by atoms with Crippen molar-refractivity contribution >= 4 is 5.82 Å². The molecule has 0 amide bonds. The van der Waals surface area contributed by atoms with E-state index in [1.165, 1.54) is 6.42 Å². The van der Waals surface area contributed by atoms with E-state index in [0.717, 1.165) is 30.2 Å². The summed E-state index contributed by atoms with van der Waals surface area (Å²) in [6, 6.07) is 0.594. The summed E-state index contributed by atoms with van der Waals surface area (Å²) in [6.07, 6.45) is 1.17. The Hall–Kier alpha value is -1.07. The minimum atomic E-state index is 0.0676. The van der Waals surface area contributed by atoms with Crippen molar-refractivity contribution in [1.29, 1.82) is 0 Å². The molecule has 1 fully saturated rings. The van der Waals surface area contributed by atoms with Gasteiger partial charge in [0.1, 0.15) is 5.82 Å². The van der Waals surface area contributed by atoms with Gasteiger partial charge in [-0.05, 0) is 27.4 Å². The Morgan fingerprint density at radius 2 is 2.18 bits per heavy atom. The standard InChI is InChI=1S/C12H22N4O/c1-9-11(8-17)12(15(4)13-9)16-6-5-10(7-16)14(2)3/h10,17H,5-8H2,1-4H3. The molecule has 96 valence electrons. The highest BCUT2D eigenvalue weighted by molar-refractivity contribution is 5.50. The Morgan fingerprint density at radius 3 is 2.71 bits per heavy atom. The second-order valence-corrected chi connectivity index (χ2v) is 5.02. The number of aryl methyl sites for hydroxylation is 2. The number of hydrogen-bond donors (Lipinski definition) is 1. The fraction of sp³-hybridized carbons (Fsp3) is 0.750. The minimum Gasteiger partial charge on any atom is -0.391 e. The summed E-state index contributed by atoms with van der Waals surface area (Å²) >= 11 is 0. The number of rotatable bonds is 3. The highest BCUT2D eigenvalue weighted by Crippen LogP contribution is 2.27. The summed E-state index contributed by atoms with van der Waals surface area (Å²) in [5.41, 5.74) is 1.89. The Kier molecular flexibility index (Phi) is 3.40. The molecule has 17 heavy (non-hydrogen) atoms. The summed E-state index contributed by atoms with van der Waals surface area (Å²) in [6.45, 7) is 4.07. The van der Waals surface area contributed by atoms with Crippen LogP contribution in [0.2, 0.25) is 0 Å². The van der Waals surface area contributed by atoms with E-state index in [0.29, 0.717) is 6.04 Å². The van der Waals surface area contributed by atoms with Gasteiger partial charge in [-0.2, -0.15) is 5.10 Å². The van der Waals surface area contributed by atoms with Gasteiger partial charge in [0, 0.05) is 31.7 Å². The molecule has 2 rings (SSSR count). The van der Waals surface area contributed by atoms with Crippen molar-refractivity contribution in [1.82, 2.24) is 14.7 Å². The molecule has 0 bridgehead atoms. The fourth-order valence-corrected chi connectivity index (χ4v) is 2.63. The van der Waals surface area contributed by atoms with Gasteiger partial charge in [0.25, 0.3) is 0 Å². The van der Waals surface area contributed by atoms with Crippen LogP contribution >= 0.6 is 0 Å². The van der Waals surface area contributed by atoms with Crippen molar-refractivity contribution < 1.29 is 5.11 Å². The van der Waals surface area contributed by atoms with Crippen molar-refractivity contribution in [2.45, 2.75) is 26.0 Å². The van der Waals surface area contributed by atoms with Gasteiger partial charge in [-0.25, -0.2) is 0 Å². The molecule has 0 radical (unpaired) electrons. The minimum absolute atomic E-state index is 0.0676. The third-order valence-corrected chi connectivity index (χ3v) is 3.66. The number of likely N-dealkylation sites (N-methyl/N-ethyl adjacent to an activating group) is 1. The SMILES string of the molecule is Cc1nn(C)c(N2CCC(N(C)C)C2)c1CO. The zero-order valence-corrected chi connectivity index (χ0v) is 11.1. The molecule has 0 saturated carbocycles. The van der Waals surface area contributed by atoms with E-state index in [-0.39, 0.29) is 6.61 Å². The monoisotopic (exact) mass is 238 g/mol. The Labute approximate surface area is 103 Å². The van der Waals surface area contributed by atoms with Crippen LogP contribution in [0.4, 0.5) is 5.82 Å². The first kappa shape index (κ1) is 12.4. The molecule has 5 heteroatoms. The van der Waals surface area contributed by atoms with Gasteiger partial charge in [-0.3, -0.25) is 4.68 Å². The molecule has 1 aliphatic rings. The Morgan fingerprint density at radius 1 is 1.47 bits per heavy atom. The predicted octanol–water partition coefficient (Wildman–Crippen LogP) is 0.361. The van der Waals surface area contributed by atoms with E-state index < -0.39 is 0 Å². The van der Waals surface area contributed by atoms with Gasteiger partial charge in [-0.15, -0.1) is 0 Å². The maximum absolute atomic E-state index is 9.46. The first-order chi connectivity index (χ1) is 8.04. The van der Waals surface area contributed by atoms with Crippen LogP contribution in [0.25, 0.3) is 0 Å². The summed E-state index contributed by atoms with van der Waals surface area (Å²) in [5.74, 6) is 1.08. The molecule has 2 heterocycles. The van der Waals surface area contributed by atoms with Crippen LogP contribution in [0.1, 0.15) is 17.7 Å². The third kappa shape index (κ3) is 2.17. The quantitative estimate of drug-likeness (QED) is 0.826. The third-order valence-electron chi connectivity index (χ3n) is 3.66. The Bertz CT molecular complexity index is 399. The molecule has 5 nitrogen and oxygen atoms in total. The highest BCUT2D eigenvalue weighted by atomic mass is 16.3. The predicted molar refractivity (Wildman–Crippen MR) is 68.2 cm³/mol. The van der Waals surface area contributed by atoms with Gasteiger partial charge in [0.05, 0.1) is 12.3 Å². The van der Waals surface area contributed by atoms with Gasteiger partial charge in [0.15, 0.2) is 0 Å². The van der Waals surface area contributed by atoms with Crippen molar-refractivity contribution in [3.63, 3.8) is 0 Å². The van der Waals surface area contributed by atoms with E-state index in [1.54, 1.807) is 0 Å². The second-order valence-electron chi connectivity index (χ2n) is 5.02. The second kappa shape index (κ2) is 4.66. The zero-order valence-electron chi connectivity index (χ0n) is 11.1. The lowest BCUT2D eigenvalue weighted by Crippen LogP contribution is -2.32. The average molecular weight is 238 g/mol. The van der Waals surface area contributed by atoms with Gasteiger partial charge in [-0.1, -0.05) is 0 Å². The van der Waals surface area contributed by atoms with Crippen molar-refractivity contribution in [3.8, 4) is 0 Å². The smallest absolute Gasteiger partial charge is 0.132 e. The number of aliphatic hydroxyl groups is 1. The normalized spacial score (nSPS) is 20.6. The topological polar surface area (TPSA) is 44.5 Å². The molecule has 1 atom stereocenters. The van der Waals surface area contributed by atoms with E-state index in [1.807, 2.05) is 18.7 Å². The maximum Gasteiger partial charge on any atom is 0.132 e. The molecule has 1 aromatic rings. The zero-order chi connectivity index (χ0) is 12.6. The summed E-state index contributed by atoms with van der Waals surface area (Å²) in [5, 5.41) is 13.9. The van der Waals surface area contributed by atoms with Crippen LogP contribution in [0.5, 0.6) is 0 Å². The van der Waals surface area contributed by atoms with E-state index in [2.05, 4.69) is 29.0 Å². The largest absolute Gasteiger partial charge is 0.391 e. The molecule has 0 aromatic carbocycles. The molecule has 1 N–H and O–H groups in total. The molecule has 0 aliphatic carbocycles. The number of nitrogens with zero attached hydrogens (tertiary/aromatic N) is 4. The Balaban J connectivity index is 2.24. The van der Waals surface area contributed by atoms with Crippen LogP contribution in [0, 0.1) is 6.92 Å². The summed E-state index contributed by atoms with van der Waals surface area (Å²) in [7, 11) is 6.19. The first-order valence-corrected chi connectivity index (χ1v) is 6.09. The molecule has 1 aromatic heterocycles. The molecule has 1 aliphatic heterocycles.